The Hall–Kier alpha value is -1.59. The quantitative estimate of drug-likeness (QED) is 0.0344. The molecular formula is C57H110O6. The van der Waals surface area contributed by atoms with E-state index in [-0.39, 0.29) is 31.1 Å². The van der Waals surface area contributed by atoms with Crippen LogP contribution >= 0.6 is 0 Å². The highest BCUT2D eigenvalue weighted by atomic mass is 16.6. The normalized spacial score (nSPS) is 12.4. The summed E-state index contributed by atoms with van der Waals surface area (Å²) in [5.74, 6) is 0.0554. The molecule has 0 aromatic rings. The lowest BCUT2D eigenvalue weighted by Crippen LogP contribution is -2.30. The lowest BCUT2D eigenvalue weighted by molar-refractivity contribution is -0.167. The third-order valence-corrected chi connectivity index (χ3v) is 13.4. The second-order valence-corrected chi connectivity index (χ2v) is 19.8. The first kappa shape index (κ1) is 61.4. The van der Waals surface area contributed by atoms with Gasteiger partial charge in [0.25, 0.3) is 0 Å². The fraction of sp³-hybridized carbons (Fsp3) is 0.947. The molecule has 0 bridgehead atoms. The highest BCUT2D eigenvalue weighted by Crippen LogP contribution is 2.18. The van der Waals surface area contributed by atoms with Gasteiger partial charge < -0.3 is 14.2 Å². The van der Waals surface area contributed by atoms with Gasteiger partial charge in [0, 0.05) is 19.3 Å². The zero-order valence-electron chi connectivity index (χ0n) is 43.0. The lowest BCUT2D eigenvalue weighted by atomic mass is 9.99. The molecule has 2 atom stereocenters. The van der Waals surface area contributed by atoms with Crippen molar-refractivity contribution >= 4 is 17.9 Å². The highest BCUT2D eigenvalue weighted by Gasteiger charge is 2.19. The summed E-state index contributed by atoms with van der Waals surface area (Å²) in [7, 11) is 0. The summed E-state index contributed by atoms with van der Waals surface area (Å²) in [6.07, 6.45) is 55.2. The van der Waals surface area contributed by atoms with E-state index in [4.69, 9.17) is 14.2 Å². The molecule has 0 spiro atoms. The molecule has 0 aliphatic rings. The van der Waals surface area contributed by atoms with Crippen molar-refractivity contribution in [2.45, 2.75) is 329 Å². The van der Waals surface area contributed by atoms with Gasteiger partial charge in [0.15, 0.2) is 6.10 Å². The number of hydrogen-bond donors (Lipinski definition) is 0. The van der Waals surface area contributed by atoms with E-state index in [0.717, 1.165) is 63.7 Å². The molecule has 0 aromatic heterocycles. The average molecular weight is 892 g/mol. The van der Waals surface area contributed by atoms with Gasteiger partial charge >= 0.3 is 17.9 Å². The average Bonchev–Trinajstić information content (AvgIpc) is 3.28. The smallest absolute Gasteiger partial charge is 0.306 e. The molecular weight excluding hydrogens is 781 g/mol. The monoisotopic (exact) mass is 891 g/mol. The van der Waals surface area contributed by atoms with Crippen LogP contribution in [0.3, 0.4) is 0 Å². The Labute approximate surface area is 393 Å². The second-order valence-electron chi connectivity index (χ2n) is 19.8. The van der Waals surface area contributed by atoms with Crippen LogP contribution in [0.5, 0.6) is 0 Å². The van der Waals surface area contributed by atoms with Gasteiger partial charge in [0.2, 0.25) is 0 Å². The fourth-order valence-electron chi connectivity index (χ4n) is 8.72. The first-order chi connectivity index (χ1) is 30.9. The first-order valence-electron chi connectivity index (χ1n) is 28.4. The molecule has 0 aliphatic carbocycles. The van der Waals surface area contributed by atoms with E-state index in [1.165, 1.54) is 218 Å². The second kappa shape index (κ2) is 51.4. The number of carbonyl (C=O) groups is 3. The summed E-state index contributed by atoms with van der Waals surface area (Å²) in [5.41, 5.74) is 0. The lowest BCUT2D eigenvalue weighted by Gasteiger charge is -2.18. The number of ether oxygens (including phenoxy) is 3. The summed E-state index contributed by atoms with van der Waals surface area (Å²) in [4.78, 5) is 38.0. The topological polar surface area (TPSA) is 78.9 Å². The van der Waals surface area contributed by atoms with Gasteiger partial charge in [0.1, 0.15) is 13.2 Å². The molecule has 0 fully saturated rings. The maximum Gasteiger partial charge on any atom is 0.306 e. The molecule has 0 heterocycles. The van der Waals surface area contributed by atoms with Gasteiger partial charge in [-0.3, -0.25) is 14.4 Å². The van der Waals surface area contributed by atoms with Crippen LogP contribution in [-0.2, 0) is 28.6 Å². The summed E-state index contributed by atoms with van der Waals surface area (Å²) in [6, 6.07) is 0. The molecule has 63 heavy (non-hydrogen) atoms. The molecule has 0 aliphatic heterocycles. The number of rotatable bonds is 52. The van der Waals surface area contributed by atoms with Crippen molar-refractivity contribution in [3.05, 3.63) is 0 Å². The van der Waals surface area contributed by atoms with E-state index < -0.39 is 6.10 Å². The number of carbonyl (C=O) groups excluding carboxylic acids is 3. The fourth-order valence-corrected chi connectivity index (χ4v) is 8.72. The van der Waals surface area contributed by atoms with Crippen LogP contribution < -0.4 is 0 Å². The molecule has 0 saturated heterocycles. The molecule has 0 rings (SSSR count). The molecule has 374 valence electrons. The predicted molar refractivity (Wildman–Crippen MR) is 270 cm³/mol. The van der Waals surface area contributed by atoms with Crippen molar-refractivity contribution in [1.29, 1.82) is 0 Å². The third kappa shape index (κ3) is 49.7. The van der Waals surface area contributed by atoms with Crippen molar-refractivity contribution in [2.24, 2.45) is 5.92 Å². The van der Waals surface area contributed by atoms with Gasteiger partial charge in [-0.25, -0.2) is 0 Å². The zero-order valence-corrected chi connectivity index (χ0v) is 43.0. The van der Waals surface area contributed by atoms with Crippen molar-refractivity contribution in [3.8, 4) is 0 Å². The van der Waals surface area contributed by atoms with E-state index >= 15 is 0 Å². The van der Waals surface area contributed by atoms with E-state index in [1.807, 2.05) is 0 Å². The van der Waals surface area contributed by atoms with Crippen molar-refractivity contribution in [2.75, 3.05) is 13.2 Å². The maximum atomic E-state index is 12.8. The SMILES string of the molecule is CCCCCCCCCCCCCCCCCCCCC(=O)O[C@H](COC(=O)CCCCCCCCCCC)COC(=O)CCCCCCCCCCCCCCCCC(C)CC. The Balaban J connectivity index is 4.22. The first-order valence-corrected chi connectivity index (χ1v) is 28.4. The standard InChI is InChI=1S/C57H110O6/c1-5-8-10-12-14-16-17-18-19-20-21-22-27-30-34-38-42-46-50-57(60)63-54(51-61-55(58)48-44-40-36-31-15-13-11-9-6-2)52-62-56(59)49-45-41-37-33-29-26-24-23-25-28-32-35-39-43-47-53(4)7-3/h53-54H,5-52H2,1-4H3/t53?,54-/m1/s1. The summed E-state index contributed by atoms with van der Waals surface area (Å²) in [6.45, 7) is 9.07. The van der Waals surface area contributed by atoms with Crippen molar-refractivity contribution < 1.29 is 28.6 Å². The van der Waals surface area contributed by atoms with E-state index in [1.54, 1.807) is 0 Å². The Morgan fingerprint density at radius 2 is 0.556 bits per heavy atom. The van der Waals surface area contributed by atoms with Crippen LogP contribution in [0.1, 0.15) is 323 Å². The number of hydrogen-bond acceptors (Lipinski definition) is 6. The van der Waals surface area contributed by atoms with Crippen LogP contribution in [0.2, 0.25) is 0 Å². The van der Waals surface area contributed by atoms with E-state index in [9.17, 15) is 14.4 Å². The predicted octanol–water partition coefficient (Wildman–Crippen LogP) is 18.6. The maximum absolute atomic E-state index is 12.8. The van der Waals surface area contributed by atoms with Gasteiger partial charge in [-0.2, -0.15) is 0 Å². The molecule has 0 radical (unpaired) electrons. The third-order valence-electron chi connectivity index (χ3n) is 13.4. The van der Waals surface area contributed by atoms with Crippen LogP contribution in [0, 0.1) is 5.92 Å². The van der Waals surface area contributed by atoms with Crippen LogP contribution in [0.25, 0.3) is 0 Å². The minimum atomic E-state index is -0.761. The molecule has 0 aromatic carbocycles. The van der Waals surface area contributed by atoms with E-state index in [2.05, 4.69) is 27.7 Å². The Bertz CT molecular complexity index is 951. The van der Waals surface area contributed by atoms with Crippen LogP contribution in [-0.4, -0.2) is 37.2 Å². The zero-order chi connectivity index (χ0) is 45.9. The molecule has 6 heteroatoms. The largest absolute Gasteiger partial charge is 0.462 e. The molecule has 0 saturated carbocycles. The van der Waals surface area contributed by atoms with Crippen LogP contribution in [0.4, 0.5) is 0 Å². The van der Waals surface area contributed by atoms with Crippen molar-refractivity contribution in [3.63, 3.8) is 0 Å². The van der Waals surface area contributed by atoms with Gasteiger partial charge in [-0.05, 0) is 25.2 Å². The summed E-state index contributed by atoms with van der Waals surface area (Å²) < 4.78 is 16.8. The minimum Gasteiger partial charge on any atom is -0.462 e. The number of esters is 3. The summed E-state index contributed by atoms with van der Waals surface area (Å²) >= 11 is 0. The van der Waals surface area contributed by atoms with Crippen LogP contribution in [0.15, 0.2) is 0 Å². The van der Waals surface area contributed by atoms with Gasteiger partial charge in [-0.1, -0.05) is 285 Å². The van der Waals surface area contributed by atoms with E-state index in [0.29, 0.717) is 19.3 Å². The highest BCUT2D eigenvalue weighted by molar-refractivity contribution is 5.71. The molecule has 0 amide bonds. The van der Waals surface area contributed by atoms with Gasteiger partial charge in [0.05, 0.1) is 0 Å². The Morgan fingerprint density at radius 1 is 0.317 bits per heavy atom. The molecule has 6 nitrogen and oxygen atoms in total. The summed E-state index contributed by atoms with van der Waals surface area (Å²) in [5, 5.41) is 0. The van der Waals surface area contributed by atoms with Crippen molar-refractivity contribution in [1.82, 2.24) is 0 Å². The molecule has 1 unspecified atom stereocenters. The minimum absolute atomic E-state index is 0.0623. The molecule has 0 N–H and O–H groups in total. The Morgan fingerprint density at radius 3 is 0.825 bits per heavy atom. The number of unbranched alkanes of at least 4 members (excludes halogenated alkanes) is 38. The van der Waals surface area contributed by atoms with Gasteiger partial charge in [-0.15, -0.1) is 0 Å². The Kier molecular flexibility index (Phi) is 50.1.